The SMILES string of the molecule is COc1ccc(C(=O)C2CCN(C(=O)c3cc4cc(F)ccc4[nH]3)CC2)cc1. The average Bonchev–Trinajstić information content (AvgIpc) is 3.16. The number of rotatable bonds is 4. The third-order valence-corrected chi connectivity index (χ3v) is 5.34. The van der Waals surface area contributed by atoms with Gasteiger partial charge in [0.05, 0.1) is 7.11 Å². The number of nitrogens with one attached hydrogen (secondary N) is 1. The van der Waals surface area contributed by atoms with Crippen LogP contribution < -0.4 is 4.74 Å². The lowest BCUT2D eigenvalue weighted by Crippen LogP contribution is -2.40. The number of carbonyl (C=O) groups is 2. The van der Waals surface area contributed by atoms with Crippen LogP contribution in [0.15, 0.2) is 48.5 Å². The Labute approximate surface area is 162 Å². The van der Waals surface area contributed by atoms with E-state index in [1.807, 2.05) is 0 Å². The van der Waals surface area contributed by atoms with Crippen LogP contribution in [0.4, 0.5) is 4.39 Å². The molecular formula is C22H21FN2O3. The number of nitrogens with zero attached hydrogens (tertiary/aromatic N) is 1. The molecule has 2 aromatic carbocycles. The molecule has 1 amide bonds. The Morgan fingerprint density at radius 3 is 2.46 bits per heavy atom. The van der Waals surface area contributed by atoms with Gasteiger partial charge in [-0.15, -0.1) is 0 Å². The number of methoxy groups -OCH3 is 1. The number of H-pyrrole nitrogens is 1. The molecule has 0 bridgehead atoms. The molecule has 1 aliphatic rings. The highest BCUT2D eigenvalue weighted by Gasteiger charge is 2.29. The fourth-order valence-corrected chi connectivity index (χ4v) is 3.72. The van der Waals surface area contributed by atoms with Crippen molar-refractivity contribution >= 4 is 22.6 Å². The molecular weight excluding hydrogens is 359 g/mol. The highest BCUT2D eigenvalue weighted by Crippen LogP contribution is 2.25. The third kappa shape index (κ3) is 3.50. The fourth-order valence-electron chi connectivity index (χ4n) is 3.72. The second kappa shape index (κ2) is 7.46. The van der Waals surface area contributed by atoms with Gasteiger partial charge in [-0.25, -0.2) is 4.39 Å². The molecule has 1 aromatic heterocycles. The number of fused-ring (bicyclic) bond motifs is 1. The minimum absolute atomic E-state index is 0.0887. The molecule has 5 nitrogen and oxygen atoms in total. The summed E-state index contributed by atoms with van der Waals surface area (Å²) in [6.07, 6.45) is 1.26. The molecule has 0 atom stereocenters. The van der Waals surface area contributed by atoms with Crippen molar-refractivity contribution < 1.29 is 18.7 Å². The number of ether oxygens (including phenoxy) is 1. The van der Waals surface area contributed by atoms with Gasteiger partial charge in [0.2, 0.25) is 0 Å². The van der Waals surface area contributed by atoms with Crippen LogP contribution in [0.1, 0.15) is 33.7 Å². The number of Topliss-reactive ketones (excluding diaryl/α,β-unsaturated/α-hetero) is 1. The number of halogens is 1. The van der Waals surface area contributed by atoms with Gasteiger partial charge in [0.15, 0.2) is 5.78 Å². The van der Waals surface area contributed by atoms with E-state index in [9.17, 15) is 14.0 Å². The number of likely N-dealkylation sites (tertiary alicyclic amines) is 1. The second-order valence-corrected chi connectivity index (χ2v) is 7.07. The van der Waals surface area contributed by atoms with Gasteiger partial charge in [0.1, 0.15) is 17.3 Å². The predicted octanol–water partition coefficient (Wildman–Crippen LogP) is 4.05. The Morgan fingerprint density at radius 2 is 1.79 bits per heavy atom. The van der Waals surface area contributed by atoms with Crippen LogP contribution in [-0.4, -0.2) is 41.8 Å². The quantitative estimate of drug-likeness (QED) is 0.695. The van der Waals surface area contributed by atoms with E-state index in [1.165, 1.54) is 12.1 Å². The largest absolute Gasteiger partial charge is 0.497 e. The maximum atomic E-state index is 13.4. The first-order valence-corrected chi connectivity index (χ1v) is 9.31. The van der Waals surface area contributed by atoms with Crippen molar-refractivity contribution in [2.75, 3.05) is 20.2 Å². The van der Waals surface area contributed by atoms with Gasteiger partial charge >= 0.3 is 0 Å². The van der Waals surface area contributed by atoms with Crippen LogP contribution in [0.5, 0.6) is 5.75 Å². The number of amides is 1. The summed E-state index contributed by atoms with van der Waals surface area (Å²) in [5.41, 5.74) is 1.85. The standard InChI is InChI=1S/C22H21FN2O3/c1-28-18-5-2-14(3-6-18)21(26)15-8-10-25(11-9-15)22(27)20-13-16-12-17(23)4-7-19(16)24-20/h2-7,12-13,15,24H,8-11H2,1H3. The van der Waals surface area contributed by atoms with Gasteiger partial charge in [0.25, 0.3) is 5.91 Å². The molecule has 4 rings (SSSR count). The van der Waals surface area contributed by atoms with E-state index >= 15 is 0 Å². The van der Waals surface area contributed by atoms with Crippen LogP contribution in [-0.2, 0) is 0 Å². The first kappa shape index (κ1) is 18.2. The summed E-state index contributed by atoms with van der Waals surface area (Å²) in [7, 11) is 1.59. The minimum Gasteiger partial charge on any atom is -0.497 e. The van der Waals surface area contributed by atoms with Crippen LogP contribution >= 0.6 is 0 Å². The average molecular weight is 380 g/mol. The molecule has 0 unspecified atom stereocenters. The smallest absolute Gasteiger partial charge is 0.270 e. The van der Waals surface area contributed by atoms with E-state index in [1.54, 1.807) is 48.4 Å². The molecule has 1 aliphatic heterocycles. The van der Waals surface area contributed by atoms with Crippen molar-refractivity contribution in [2.45, 2.75) is 12.8 Å². The number of benzene rings is 2. The van der Waals surface area contributed by atoms with Crippen LogP contribution in [0.3, 0.4) is 0 Å². The molecule has 144 valence electrons. The highest BCUT2D eigenvalue weighted by molar-refractivity contribution is 5.99. The number of aromatic amines is 1. The van der Waals surface area contributed by atoms with Crippen molar-refractivity contribution in [1.29, 1.82) is 0 Å². The molecule has 1 N–H and O–H groups in total. The summed E-state index contributed by atoms with van der Waals surface area (Å²) in [6, 6.07) is 13.2. The summed E-state index contributed by atoms with van der Waals surface area (Å²) < 4.78 is 18.5. The zero-order chi connectivity index (χ0) is 19.7. The molecule has 0 radical (unpaired) electrons. The van der Waals surface area contributed by atoms with E-state index in [2.05, 4.69) is 4.98 Å². The Balaban J connectivity index is 1.41. The minimum atomic E-state index is -0.330. The number of carbonyl (C=O) groups excluding carboxylic acids is 2. The lowest BCUT2D eigenvalue weighted by Gasteiger charge is -2.31. The van der Waals surface area contributed by atoms with Gasteiger partial charge in [0, 0.05) is 35.5 Å². The van der Waals surface area contributed by atoms with E-state index in [0.717, 1.165) is 11.3 Å². The zero-order valence-corrected chi connectivity index (χ0v) is 15.6. The molecule has 2 heterocycles. The van der Waals surface area contributed by atoms with E-state index < -0.39 is 0 Å². The predicted molar refractivity (Wildman–Crippen MR) is 104 cm³/mol. The Morgan fingerprint density at radius 1 is 1.07 bits per heavy atom. The van der Waals surface area contributed by atoms with Crippen molar-refractivity contribution in [2.24, 2.45) is 5.92 Å². The van der Waals surface area contributed by atoms with Crippen LogP contribution in [0.2, 0.25) is 0 Å². The number of hydrogen-bond acceptors (Lipinski definition) is 3. The Hall–Kier alpha value is -3.15. The number of hydrogen-bond donors (Lipinski definition) is 1. The van der Waals surface area contributed by atoms with Gasteiger partial charge in [-0.2, -0.15) is 0 Å². The van der Waals surface area contributed by atoms with Gasteiger partial charge < -0.3 is 14.6 Å². The molecule has 1 fully saturated rings. The van der Waals surface area contributed by atoms with Gasteiger partial charge in [-0.05, 0) is 61.4 Å². The summed E-state index contributed by atoms with van der Waals surface area (Å²) in [5.74, 6) is 0.288. The number of ketones is 1. The van der Waals surface area contributed by atoms with Crippen molar-refractivity contribution in [3.63, 3.8) is 0 Å². The molecule has 28 heavy (non-hydrogen) atoms. The maximum Gasteiger partial charge on any atom is 0.270 e. The van der Waals surface area contributed by atoms with Crippen LogP contribution in [0.25, 0.3) is 10.9 Å². The Bertz CT molecular complexity index is 1020. The fraction of sp³-hybridized carbons (Fsp3) is 0.273. The van der Waals surface area contributed by atoms with Crippen molar-refractivity contribution in [3.8, 4) is 5.75 Å². The third-order valence-electron chi connectivity index (χ3n) is 5.34. The lowest BCUT2D eigenvalue weighted by molar-refractivity contribution is 0.0646. The van der Waals surface area contributed by atoms with E-state index in [4.69, 9.17) is 4.74 Å². The van der Waals surface area contributed by atoms with Crippen molar-refractivity contribution in [3.05, 3.63) is 65.6 Å². The number of piperidine rings is 1. The van der Waals surface area contributed by atoms with E-state index in [0.29, 0.717) is 42.6 Å². The monoisotopic (exact) mass is 380 g/mol. The van der Waals surface area contributed by atoms with Crippen LogP contribution in [0, 0.1) is 11.7 Å². The summed E-state index contributed by atoms with van der Waals surface area (Å²) >= 11 is 0. The molecule has 0 aliphatic carbocycles. The molecule has 6 heteroatoms. The zero-order valence-electron chi connectivity index (χ0n) is 15.6. The van der Waals surface area contributed by atoms with E-state index in [-0.39, 0.29) is 23.4 Å². The second-order valence-electron chi connectivity index (χ2n) is 7.07. The topological polar surface area (TPSA) is 62.4 Å². The molecule has 0 spiro atoms. The molecule has 1 saturated heterocycles. The number of aromatic nitrogens is 1. The molecule has 3 aromatic rings. The van der Waals surface area contributed by atoms with Gasteiger partial charge in [-0.3, -0.25) is 9.59 Å². The normalized spacial score (nSPS) is 15.0. The summed E-state index contributed by atoms with van der Waals surface area (Å²) in [6.45, 7) is 1.05. The maximum absolute atomic E-state index is 13.4. The molecule has 0 saturated carbocycles. The summed E-state index contributed by atoms with van der Waals surface area (Å²) in [5, 5.41) is 0.674. The highest BCUT2D eigenvalue weighted by atomic mass is 19.1. The van der Waals surface area contributed by atoms with Crippen molar-refractivity contribution in [1.82, 2.24) is 9.88 Å². The summed E-state index contributed by atoms with van der Waals surface area (Å²) in [4.78, 5) is 30.3. The first-order valence-electron chi connectivity index (χ1n) is 9.31. The Kier molecular flexibility index (Phi) is 4.86. The first-order chi connectivity index (χ1) is 13.5. The van der Waals surface area contributed by atoms with Gasteiger partial charge in [-0.1, -0.05) is 0 Å². The lowest BCUT2D eigenvalue weighted by atomic mass is 9.89.